The highest BCUT2D eigenvalue weighted by Crippen LogP contribution is 2.48. The maximum atomic E-state index is 13.7. The summed E-state index contributed by atoms with van der Waals surface area (Å²) < 4.78 is 11.1. The third-order valence-corrected chi connectivity index (χ3v) is 5.32. The van der Waals surface area contributed by atoms with Crippen LogP contribution in [0.2, 0.25) is 5.02 Å². The van der Waals surface area contributed by atoms with E-state index < -0.39 is 0 Å². The van der Waals surface area contributed by atoms with Gasteiger partial charge in [0, 0.05) is 11.1 Å². The first-order chi connectivity index (χ1) is 14.5. The van der Waals surface area contributed by atoms with Gasteiger partial charge in [-0.2, -0.15) is 5.10 Å². The highest BCUT2D eigenvalue weighted by Gasteiger charge is 2.33. The van der Waals surface area contributed by atoms with Crippen molar-refractivity contribution in [2.45, 2.75) is 6.92 Å². The summed E-state index contributed by atoms with van der Waals surface area (Å²) in [4.78, 5) is 26.8. The molecule has 0 fully saturated rings. The van der Waals surface area contributed by atoms with E-state index in [2.05, 4.69) is 20.8 Å². The van der Waals surface area contributed by atoms with Crippen LogP contribution in [0.1, 0.15) is 6.92 Å². The largest absolute Gasteiger partial charge is 0.454 e. The van der Waals surface area contributed by atoms with Crippen LogP contribution in [0.5, 0.6) is 11.5 Å². The minimum Gasteiger partial charge on any atom is -0.454 e. The van der Waals surface area contributed by atoms with Crippen LogP contribution in [0.25, 0.3) is 10.9 Å². The summed E-state index contributed by atoms with van der Waals surface area (Å²) in [5.74, 6) is 0.528. The number of halogens is 1. The predicted molar refractivity (Wildman–Crippen MR) is 110 cm³/mol. The Hall–Kier alpha value is -3.72. The molecular formula is C20H16ClN5O4. The topological polar surface area (TPSA) is 109 Å². The Balaban J connectivity index is 1.71. The Morgan fingerprint density at radius 3 is 2.93 bits per heavy atom. The van der Waals surface area contributed by atoms with Gasteiger partial charge in [-0.1, -0.05) is 11.6 Å². The number of H-pyrrole nitrogens is 1. The van der Waals surface area contributed by atoms with Crippen molar-refractivity contribution in [1.29, 1.82) is 0 Å². The summed E-state index contributed by atoms with van der Waals surface area (Å²) in [6, 6.07) is 8.44. The molecule has 152 valence electrons. The highest BCUT2D eigenvalue weighted by atomic mass is 35.5. The molecule has 0 saturated heterocycles. The molecule has 0 aliphatic carbocycles. The van der Waals surface area contributed by atoms with Gasteiger partial charge in [-0.25, -0.2) is 4.79 Å². The van der Waals surface area contributed by atoms with Crippen molar-refractivity contribution in [3.63, 3.8) is 0 Å². The van der Waals surface area contributed by atoms with Gasteiger partial charge in [0.05, 0.1) is 34.5 Å². The zero-order chi connectivity index (χ0) is 20.8. The van der Waals surface area contributed by atoms with E-state index in [1.54, 1.807) is 31.3 Å². The van der Waals surface area contributed by atoms with Gasteiger partial charge in [-0.05, 0) is 37.3 Å². The lowest BCUT2D eigenvalue weighted by Gasteiger charge is -2.28. The van der Waals surface area contributed by atoms with Crippen LogP contribution in [0.4, 0.5) is 16.2 Å². The van der Waals surface area contributed by atoms with Crippen LogP contribution in [0.3, 0.4) is 0 Å². The SMILES string of the molecule is CC1=C(C(=O)N(c2ccc3[nH]ncc3c2)c2c(Cl)ccc3c2OCO3)CNC(=O)N1. The number of fused-ring (bicyclic) bond motifs is 2. The maximum Gasteiger partial charge on any atom is 0.319 e. The summed E-state index contributed by atoms with van der Waals surface area (Å²) in [6.07, 6.45) is 1.67. The third kappa shape index (κ3) is 2.91. The fourth-order valence-corrected chi connectivity index (χ4v) is 3.75. The van der Waals surface area contributed by atoms with Gasteiger partial charge in [0.25, 0.3) is 5.91 Å². The molecule has 2 aliphatic rings. The highest BCUT2D eigenvalue weighted by molar-refractivity contribution is 6.35. The molecule has 3 heterocycles. The van der Waals surface area contributed by atoms with Crippen molar-refractivity contribution < 1.29 is 19.1 Å². The summed E-state index contributed by atoms with van der Waals surface area (Å²) >= 11 is 6.54. The molecule has 0 bridgehead atoms. The van der Waals surface area contributed by atoms with Crippen molar-refractivity contribution in [1.82, 2.24) is 20.8 Å². The quantitative estimate of drug-likeness (QED) is 0.597. The Bertz CT molecular complexity index is 1240. The number of aromatic amines is 1. The normalized spacial score (nSPS) is 15.2. The van der Waals surface area contributed by atoms with Crippen molar-refractivity contribution >= 4 is 45.8 Å². The molecule has 0 atom stereocenters. The summed E-state index contributed by atoms with van der Waals surface area (Å²) in [6.45, 7) is 1.80. The smallest absolute Gasteiger partial charge is 0.319 e. The Morgan fingerprint density at radius 1 is 1.23 bits per heavy atom. The van der Waals surface area contributed by atoms with E-state index in [-0.39, 0.29) is 25.3 Å². The van der Waals surface area contributed by atoms with E-state index in [0.717, 1.165) is 10.9 Å². The van der Waals surface area contributed by atoms with E-state index in [1.165, 1.54) is 4.90 Å². The summed E-state index contributed by atoms with van der Waals surface area (Å²) in [5.41, 5.74) is 2.64. The summed E-state index contributed by atoms with van der Waals surface area (Å²) in [7, 11) is 0. The number of hydrogen-bond donors (Lipinski definition) is 3. The minimum absolute atomic E-state index is 0.0325. The second-order valence-corrected chi connectivity index (χ2v) is 7.23. The molecule has 0 saturated carbocycles. The lowest BCUT2D eigenvalue weighted by Crippen LogP contribution is -2.45. The molecule has 0 unspecified atom stereocenters. The first kappa shape index (κ1) is 18.3. The molecule has 30 heavy (non-hydrogen) atoms. The van der Waals surface area contributed by atoms with Gasteiger partial charge in [-0.3, -0.25) is 14.8 Å². The van der Waals surface area contributed by atoms with Gasteiger partial charge in [0.15, 0.2) is 11.5 Å². The predicted octanol–water partition coefficient (Wildman–Crippen LogP) is 3.20. The molecule has 3 amide bonds. The number of rotatable bonds is 3. The molecule has 1 aromatic heterocycles. The number of amides is 3. The average Bonchev–Trinajstić information content (AvgIpc) is 3.38. The standard InChI is InChI=1S/C20H16ClN5O4/c1-10-13(8-22-20(28)24-10)19(27)26(12-2-4-15-11(6-12)7-23-25-15)17-14(21)3-5-16-18(17)30-9-29-16/h2-7H,8-9H2,1H3,(H,23,25)(H2,22,24,28). The minimum atomic E-state index is -0.356. The first-order valence-electron chi connectivity index (χ1n) is 9.13. The number of urea groups is 1. The summed E-state index contributed by atoms with van der Waals surface area (Å²) in [5, 5.41) is 13.4. The molecule has 3 aromatic rings. The number of ether oxygens (including phenoxy) is 2. The number of allylic oxidation sites excluding steroid dienone is 1. The maximum absolute atomic E-state index is 13.7. The van der Waals surface area contributed by atoms with Crippen LogP contribution in [-0.4, -0.2) is 35.5 Å². The fourth-order valence-electron chi connectivity index (χ4n) is 3.52. The lowest BCUT2D eigenvalue weighted by atomic mass is 10.1. The van der Waals surface area contributed by atoms with E-state index in [9.17, 15) is 9.59 Å². The molecule has 2 aliphatic heterocycles. The van der Waals surface area contributed by atoms with Crippen LogP contribution in [0, 0.1) is 0 Å². The van der Waals surface area contributed by atoms with E-state index in [1.807, 2.05) is 12.1 Å². The van der Waals surface area contributed by atoms with Crippen LogP contribution >= 0.6 is 11.6 Å². The van der Waals surface area contributed by atoms with Crippen LogP contribution in [-0.2, 0) is 4.79 Å². The van der Waals surface area contributed by atoms with Crippen LogP contribution in [0.15, 0.2) is 47.8 Å². The molecule has 5 rings (SSSR count). The third-order valence-electron chi connectivity index (χ3n) is 5.01. The van der Waals surface area contributed by atoms with Gasteiger partial charge in [-0.15, -0.1) is 0 Å². The molecule has 0 spiro atoms. The van der Waals surface area contributed by atoms with Crippen molar-refractivity contribution in [2.24, 2.45) is 0 Å². The lowest BCUT2D eigenvalue weighted by molar-refractivity contribution is -0.114. The fraction of sp³-hybridized carbons (Fsp3) is 0.150. The number of nitrogens with zero attached hydrogens (tertiary/aromatic N) is 2. The monoisotopic (exact) mass is 425 g/mol. The number of hydrogen-bond acceptors (Lipinski definition) is 5. The Labute approximate surface area is 175 Å². The second-order valence-electron chi connectivity index (χ2n) is 6.82. The Kier molecular flexibility index (Phi) is 4.25. The van der Waals surface area contributed by atoms with E-state index in [0.29, 0.717) is 39.2 Å². The molecule has 3 N–H and O–H groups in total. The van der Waals surface area contributed by atoms with Crippen molar-refractivity contribution in [3.05, 3.63) is 52.8 Å². The number of carbonyl (C=O) groups excluding carboxylic acids is 2. The number of benzene rings is 2. The van der Waals surface area contributed by atoms with Crippen molar-refractivity contribution in [2.75, 3.05) is 18.2 Å². The van der Waals surface area contributed by atoms with Crippen molar-refractivity contribution in [3.8, 4) is 11.5 Å². The molecular weight excluding hydrogens is 410 g/mol. The van der Waals surface area contributed by atoms with E-state index >= 15 is 0 Å². The zero-order valence-corrected chi connectivity index (χ0v) is 16.5. The van der Waals surface area contributed by atoms with Gasteiger partial charge >= 0.3 is 6.03 Å². The number of anilines is 2. The first-order valence-corrected chi connectivity index (χ1v) is 9.51. The van der Waals surface area contributed by atoms with Gasteiger partial charge in [0.2, 0.25) is 6.79 Å². The second kappa shape index (κ2) is 6.96. The molecule has 9 nitrogen and oxygen atoms in total. The van der Waals surface area contributed by atoms with Gasteiger partial charge in [0.1, 0.15) is 5.69 Å². The average molecular weight is 426 g/mol. The van der Waals surface area contributed by atoms with E-state index in [4.69, 9.17) is 21.1 Å². The molecule has 0 radical (unpaired) electrons. The van der Waals surface area contributed by atoms with Crippen LogP contribution < -0.4 is 25.0 Å². The van der Waals surface area contributed by atoms with Gasteiger partial charge < -0.3 is 20.1 Å². The molecule has 2 aromatic carbocycles. The number of nitrogens with one attached hydrogen (secondary N) is 3. The molecule has 10 heteroatoms. The zero-order valence-electron chi connectivity index (χ0n) is 15.8. The Morgan fingerprint density at radius 2 is 2.10 bits per heavy atom. The number of carbonyl (C=O) groups is 2. The number of aromatic nitrogens is 2.